The molecule has 140 valence electrons. The van der Waals surface area contributed by atoms with Crippen LogP contribution in [0.3, 0.4) is 0 Å². The third-order valence-electron chi connectivity index (χ3n) is 3.62. The van der Waals surface area contributed by atoms with E-state index >= 15 is 0 Å². The molecule has 0 aromatic heterocycles. The highest BCUT2D eigenvalue weighted by Crippen LogP contribution is 2.24. The molecule has 0 radical (unpaired) electrons. The van der Waals surface area contributed by atoms with Gasteiger partial charge in [0.2, 0.25) is 20.0 Å². The van der Waals surface area contributed by atoms with Crippen molar-refractivity contribution in [3.63, 3.8) is 0 Å². The van der Waals surface area contributed by atoms with Crippen LogP contribution in [-0.4, -0.2) is 48.3 Å². The summed E-state index contributed by atoms with van der Waals surface area (Å²) in [7, 11) is -4.54. The summed E-state index contributed by atoms with van der Waals surface area (Å²) in [5.41, 5.74) is 5.66. The molecule has 3 N–H and O–H groups in total. The number of halogens is 1. The van der Waals surface area contributed by atoms with Crippen molar-refractivity contribution in [1.82, 2.24) is 9.03 Å². The molecule has 0 aliphatic rings. The molecule has 0 bridgehead atoms. The van der Waals surface area contributed by atoms with Crippen LogP contribution < -0.4 is 10.5 Å². The van der Waals surface area contributed by atoms with Crippen LogP contribution in [0.1, 0.15) is 19.4 Å². The van der Waals surface area contributed by atoms with E-state index < -0.39 is 20.0 Å². The first-order valence-corrected chi connectivity index (χ1v) is 10.0. The van der Waals surface area contributed by atoms with E-state index in [1.54, 1.807) is 6.92 Å². The van der Waals surface area contributed by atoms with Gasteiger partial charge in [-0.25, -0.2) is 25.9 Å². The van der Waals surface area contributed by atoms with Crippen LogP contribution in [0.4, 0.5) is 0 Å². The van der Waals surface area contributed by atoms with Crippen LogP contribution >= 0.6 is 12.4 Å². The number of nitrogens with one attached hydrogen (secondary N) is 1. The van der Waals surface area contributed by atoms with Crippen LogP contribution in [0.5, 0.6) is 0 Å². The fourth-order valence-corrected chi connectivity index (χ4v) is 4.52. The average Bonchev–Trinajstić information content (AvgIpc) is 2.46. The zero-order valence-electron chi connectivity index (χ0n) is 14.5. The Hall–Kier alpha value is -0.710. The number of nitrogens with zero attached hydrogens (tertiary/aromatic N) is 1. The van der Waals surface area contributed by atoms with Gasteiger partial charge in [-0.05, 0) is 49.7 Å². The second kappa shape index (κ2) is 8.11. The Morgan fingerprint density at radius 3 is 2.17 bits per heavy atom. The molecule has 0 spiro atoms. The van der Waals surface area contributed by atoms with E-state index in [4.69, 9.17) is 5.73 Å². The van der Waals surface area contributed by atoms with E-state index in [0.29, 0.717) is 12.1 Å². The summed E-state index contributed by atoms with van der Waals surface area (Å²) in [5, 5.41) is 0. The molecule has 1 aromatic carbocycles. The molecule has 1 aromatic rings. The van der Waals surface area contributed by atoms with E-state index in [1.165, 1.54) is 36.6 Å². The molecule has 0 amide bonds. The van der Waals surface area contributed by atoms with Crippen LogP contribution in [0, 0.1) is 12.3 Å². The van der Waals surface area contributed by atoms with E-state index in [1.807, 2.05) is 13.8 Å². The van der Waals surface area contributed by atoms with E-state index in [-0.39, 0.29) is 34.2 Å². The number of aryl methyl sites for hydroxylation is 1. The number of rotatable bonds is 7. The molecule has 10 heteroatoms. The van der Waals surface area contributed by atoms with Crippen LogP contribution in [-0.2, 0) is 20.0 Å². The van der Waals surface area contributed by atoms with Crippen LogP contribution in [0.25, 0.3) is 0 Å². The van der Waals surface area contributed by atoms with Crippen molar-refractivity contribution in [3.05, 3.63) is 23.8 Å². The first kappa shape index (κ1) is 23.3. The number of sulfonamides is 2. The smallest absolute Gasteiger partial charge is 0.242 e. The first-order valence-electron chi connectivity index (χ1n) is 7.08. The minimum Gasteiger partial charge on any atom is -0.330 e. The zero-order valence-corrected chi connectivity index (χ0v) is 17.0. The van der Waals surface area contributed by atoms with E-state index in [0.717, 1.165) is 0 Å². The van der Waals surface area contributed by atoms with Crippen molar-refractivity contribution in [2.24, 2.45) is 11.1 Å². The van der Waals surface area contributed by atoms with E-state index in [2.05, 4.69) is 4.72 Å². The standard InChI is InChI=1S/C14H25N3O4S2.ClH/c1-11-8-12(6-7-13(11)22(18,19)16-4)23(20,21)17(5)10-14(2,3)9-15;/h6-8,16H,9-10,15H2,1-5H3;1H. The molecule has 0 fully saturated rings. The lowest BCUT2D eigenvalue weighted by atomic mass is 9.94. The molecule has 0 heterocycles. The first-order chi connectivity index (χ1) is 10.4. The summed E-state index contributed by atoms with van der Waals surface area (Å²) in [6.45, 7) is 5.94. The van der Waals surface area contributed by atoms with Gasteiger partial charge in [0.15, 0.2) is 0 Å². The quantitative estimate of drug-likeness (QED) is 0.708. The zero-order chi connectivity index (χ0) is 18.1. The number of hydrogen-bond donors (Lipinski definition) is 2. The Kier molecular flexibility index (Phi) is 7.87. The summed E-state index contributed by atoms with van der Waals surface area (Å²) >= 11 is 0. The van der Waals surface area contributed by atoms with Gasteiger partial charge in [0, 0.05) is 13.6 Å². The highest BCUT2D eigenvalue weighted by molar-refractivity contribution is 7.89. The largest absolute Gasteiger partial charge is 0.330 e. The molecule has 0 aliphatic carbocycles. The predicted molar refractivity (Wildman–Crippen MR) is 97.3 cm³/mol. The van der Waals surface area contributed by atoms with Gasteiger partial charge in [-0.15, -0.1) is 12.4 Å². The Morgan fingerprint density at radius 2 is 1.75 bits per heavy atom. The van der Waals surface area contributed by atoms with Gasteiger partial charge in [-0.3, -0.25) is 0 Å². The third-order valence-corrected chi connectivity index (χ3v) is 6.99. The fraction of sp³-hybridized carbons (Fsp3) is 0.571. The molecule has 24 heavy (non-hydrogen) atoms. The lowest BCUT2D eigenvalue weighted by Crippen LogP contribution is -2.39. The third kappa shape index (κ3) is 5.14. The van der Waals surface area contributed by atoms with Crippen LogP contribution in [0.2, 0.25) is 0 Å². The second-order valence-corrected chi connectivity index (χ2v) is 10.2. The van der Waals surface area contributed by atoms with Crippen LogP contribution in [0.15, 0.2) is 28.0 Å². The van der Waals surface area contributed by atoms with Gasteiger partial charge >= 0.3 is 0 Å². The Morgan fingerprint density at radius 1 is 1.21 bits per heavy atom. The summed E-state index contributed by atoms with van der Waals surface area (Å²) < 4.78 is 52.4. The molecule has 1 rings (SSSR count). The summed E-state index contributed by atoms with van der Waals surface area (Å²) in [6.07, 6.45) is 0. The maximum atomic E-state index is 12.6. The Labute approximate surface area is 151 Å². The molecular weight excluding hydrogens is 374 g/mol. The van der Waals surface area contributed by atoms with Crippen molar-refractivity contribution < 1.29 is 16.8 Å². The Balaban J connectivity index is 0.00000529. The van der Waals surface area contributed by atoms with Gasteiger partial charge in [-0.1, -0.05) is 13.8 Å². The van der Waals surface area contributed by atoms with Gasteiger partial charge in [0.05, 0.1) is 9.79 Å². The highest BCUT2D eigenvalue weighted by Gasteiger charge is 2.28. The lowest BCUT2D eigenvalue weighted by molar-refractivity contribution is 0.292. The van der Waals surface area contributed by atoms with Gasteiger partial charge < -0.3 is 5.73 Å². The molecule has 0 saturated heterocycles. The molecular formula is C14H26ClN3O4S2. The number of nitrogens with two attached hydrogens (primary N) is 1. The fourth-order valence-electron chi connectivity index (χ4n) is 2.13. The van der Waals surface area contributed by atoms with Crippen molar-refractivity contribution in [3.8, 4) is 0 Å². The summed E-state index contributed by atoms with van der Waals surface area (Å²) in [5.74, 6) is 0. The van der Waals surface area contributed by atoms with Gasteiger partial charge in [0.25, 0.3) is 0 Å². The predicted octanol–water partition coefficient (Wildman–Crippen LogP) is 0.930. The van der Waals surface area contributed by atoms with Crippen molar-refractivity contribution >= 4 is 32.5 Å². The molecule has 0 unspecified atom stereocenters. The van der Waals surface area contributed by atoms with Crippen molar-refractivity contribution in [2.45, 2.75) is 30.6 Å². The summed E-state index contributed by atoms with van der Waals surface area (Å²) in [6, 6.07) is 3.97. The number of hydrogen-bond acceptors (Lipinski definition) is 5. The normalized spacial score (nSPS) is 13.0. The topological polar surface area (TPSA) is 110 Å². The minimum atomic E-state index is -3.71. The summed E-state index contributed by atoms with van der Waals surface area (Å²) in [4.78, 5) is 0.115. The monoisotopic (exact) mass is 399 g/mol. The molecule has 7 nitrogen and oxygen atoms in total. The van der Waals surface area contributed by atoms with Crippen molar-refractivity contribution in [1.29, 1.82) is 0 Å². The molecule has 0 aliphatic heterocycles. The van der Waals surface area contributed by atoms with E-state index in [9.17, 15) is 16.8 Å². The lowest BCUT2D eigenvalue weighted by Gasteiger charge is -2.28. The molecule has 0 atom stereocenters. The maximum Gasteiger partial charge on any atom is 0.242 e. The SMILES string of the molecule is CNS(=O)(=O)c1ccc(S(=O)(=O)N(C)CC(C)(C)CN)cc1C.Cl. The average molecular weight is 400 g/mol. The minimum absolute atomic E-state index is 0. The van der Waals surface area contributed by atoms with Gasteiger partial charge in [0.1, 0.15) is 0 Å². The number of benzene rings is 1. The van der Waals surface area contributed by atoms with Crippen molar-refractivity contribution in [2.75, 3.05) is 27.2 Å². The Bertz CT molecular complexity index is 777. The highest BCUT2D eigenvalue weighted by atomic mass is 35.5. The molecule has 0 saturated carbocycles. The van der Waals surface area contributed by atoms with Gasteiger partial charge in [-0.2, -0.15) is 0 Å². The second-order valence-electron chi connectivity index (χ2n) is 6.26. The maximum absolute atomic E-state index is 12.6.